The quantitative estimate of drug-likeness (QED) is 0.936. The summed E-state index contributed by atoms with van der Waals surface area (Å²) >= 11 is 0. The molecule has 1 aromatic carbocycles. The van der Waals surface area contributed by atoms with Crippen molar-refractivity contribution in [3.8, 4) is 0 Å². The van der Waals surface area contributed by atoms with Crippen LogP contribution < -0.4 is 5.73 Å². The zero-order valence-electron chi connectivity index (χ0n) is 11.1. The van der Waals surface area contributed by atoms with E-state index >= 15 is 0 Å². The molecule has 0 fully saturated rings. The van der Waals surface area contributed by atoms with E-state index in [0.717, 1.165) is 24.4 Å². The van der Waals surface area contributed by atoms with Crippen LogP contribution in [0, 0.1) is 0 Å². The second kappa shape index (κ2) is 5.66. The average Bonchev–Trinajstić information content (AvgIpc) is 2.87. The Morgan fingerprint density at radius 2 is 1.90 bits per heavy atom. The number of aromatic nitrogens is 2. The maximum absolute atomic E-state index is 12.5. The highest BCUT2D eigenvalue weighted by molar-refractivity contribution is 5.24. The number of hydrogen-bond donors (Lipinski definition) is 1. The molecule has 3 nitrogen and oxygen atoms in total. The highest BCUT2D eigenvalue weighted by Gasteiger charge is 2.32. The van der Waals surface area contributed by atoms with E-state index in [0.29, 0.717) is 0 Å². The molecule has 20 heavy (non-hydrogen) atoms. The van der Waals surface area contributed by atoms with Gasteiger partial charge < -0.3 is 5.73 Å². The van der Waals surface area contributed by atoms with Crippen molar-refractivity contribution in [1.29, 1.82) is 0 Å². The molecule has 1 aromatic heterocycles. The SMILES string of the molecule is CCc1ccc(C(N)Cn2cc(C(F)(F)F)cn2)cc1. The molecule has 2 N–H and O–H groups in total. The minimum atomic E-state index is -4.37. The highest BCUT2D eigenvalue weighted by Crippen LogP contribution is 2.28. The van der Waals surface area contributed by atoms with Crippen molar-refractivity contribution < 1.29 is 13.2 Å². The molecule has 0 aliphatic rings. The van der Waals surface area contributed by atoms with Crippen molar-refractivity contribution in [3.63, 3.8) is 0 Å². The molecule has 0 aliphatic carbocycles. The third-order valence-corrected chi connectivity index (χ3v) is 3.16. The topological polar surface area (TPSA) is 43.8 Å². The first-order valence-electron chi connectivity index (χ1n) is 6.34. The second-order valence-electron chi connectivity index (χ2n) is 4.65. The maximum atomic E-state index is 12.5. The summed E-state index contributed by atoms with van der Waals surface area (Å²) in [5.74, 6) is 0. The van der Waals surface area contributed by atoms with Crippen LogP contribution in [-0.4, -0.2) is 9.78 Å². The number of nitrogens with zero attached hydrogens (tertiary/aromatic N) is 2. The standard InChI is InChI=1S/C14H16F3N3/c1-2-10-3-5-11(6-4-10)13(18)9-20-8-12(7-19-20)14(15,16)17/h3-8,13H,2,9,18H2,1H3. The largest absolute Gasteiger partial charge is 0.419 e. The number of alkyl halides is 3. The van der Waals surface area contributed by atoms with E-state index in [1.54, 1.807) is 0 Å². The number of nitrogens with two attached hydrogens (primary N) is 1. The van der Waals surface area contributed by atoms with Crippen LogP contribution in [0.3, 0.4) is 0 Å². The Hall–Kier alpha value is -1.82. The summed E-state index contributed by atoms with van der Waals surface area (Å²) in [4.78, 5) is 0. The van der Waals surface area contributed by atoms with Crippen LogP contribution in [-0.2, 0) is 19.1 Å². The molecule has 0 saturated heterocycles. The fourth-order valence-corrected chi connectivity index (χ4v) is 1.92. The number of hydrogen-bond acceptors (Lipinski definition) is 2. The van der Waals surface area contributed by atoms with Gasteiger partial charge in [0.15, 0.2) is 0 Å². The van der Waals surface area contributed by atoms with Gasteiger partial charge in [0.2, 0.25) is 0 Å². The van der Waals surface area contributed by atoms with Crippen molar-refractivity contribution in [2.75, 3.05) is 0 Å². The first-order chi connectivity index (χ1) is 9.40. The van der Waals surface area contributed by atoms with Crippen LogP contribution in [0.4, 0.5) is 13.2 Å². The molecule has 2 rings (SSSR count). The average molecular weight is 283 g/mol. The normalized spacial score (nSPS) is 13.4. The highest BCUT2D eigenvalue weighted by atomic mass is 19.4. The first-order valence-corrected chi connectivity index (χ1v) is 6.34. The van der Waals surface area contributed by atoms with Crippen LogP contribution >= 0.6 is 0 Å². The van der Waals surface area contributed by atoms with Gasteiger partial charge in [0.1, 0.15) is 0 Å². The van der Waals surface area contributed by atoms with Crippen molar-refractivity contribution in [2.45, 2.75) is 32.1 Å². The Morgan fingerprint density at radius 3 is 2.40 bits per heavy atom. The van der Waals surface area contributed by atoms with Crippen LogP contribution in [0.2, 0.25) is 0 Å². The summed E-state index contributed by atoms with van der Waals surface area (Å²) in [7, 11) is 0. The lowest BCUT2D eigenvalue weighted by atomic mass is 10.0. The summed E-state index contributed by atoms with van der Waals surface area (Å²) in [6, 6.07) is 7.36. The van der Waals surface area contributed by atoms with E-state index in [4.69, 9.17) is 5.73 Å². The molecule has 2 aromatic rings. The molecule has 0 saturated carbocycles. The molecule has 6 heteroatoms. The van der Waals surface area contributed by atoms with Crippen molar-refractivity contribution >= 4 is 0 Å². The van der Waals surface area contributed by atoms with E-state index in [2.05, 4.69) is 12.0 Å². The molecule has 0 bridgehead atoms. The molecule has 0 aliphatic heterocycles. The summed E-state index contributed by atoms with van der Waals surface area (Å²) in [6.07, 6.45) is -1.65. The number of aryl methyl sites for hydroxylation is 1. The third kappa shape index (κ3) is 3.39. The van der Waals surface area contributed by atoms with Gasteiger partial charge in [-0.2, -0.15) is 18.3 Å². The maximum Gasteiger partial charge on any atom is 0.419 e. The van der Waals surface area contributed by atoms with E-state index in [-0.39, 0.29) is 12.6 Å². The monoisotopic (exact) mass is 283 g/mol. The smallest absolute Gasteiger partial charge is 0.322 e. The minimum absolute atomic E-state index is 0.210. The van der Waals surface area contributed by atoms with Gasteiger partial charge >= 0.3 is 6.18 Å². The van der Waals surface area contributed by atoms with Gasteiger partial charge in [0, 0.05) is 12.2 Å². The fraction of sp³-hybridized carbons (Fsp3) is 0.357. The minimum Gasteiger partial charge on any atom is -0.322 e. The van der Waals surface area contributed by atoms with Crippen LogP contribution in [0.5, 0.6) is 0 Å². The number of benzene rings is 1. The Kier molecular flexibility index (Phi) is 4.13. The predicted molar refractivity (Wildman–Crippen MR) is 70.0 cm³/mol. The van der Waals surface area contributed by atoms with Gasteiger partial charge in [0.05, 0.1) is 18.3 Å². The van der Waals surface area contributed by atoms with Gasteiger partial charge in [-0.25, -0.2) is 0 Å². The lowest BCUT2D eigenvalue weighted by Gasteiger charge is -2.12. The Labute approximate surface area is 115 Å². The van der Waals surface area contributed by atoms with Crippen LogP contribution in [0.1, 0.15) is 29.7 Å². The van der Waals surface area contributed by atoms with Gasteiger partial charge in [-0.05, 0) is 17.5 Å². The fourth-order valence-electron chi connectivity index (χ4n) is 1.92. The molecule has 0 amide bonds. The Bertz CT molecular complexity index is 558. The first kappa shape index (κ1) is 14.6. The van der Waals surface area contributed by atoms with Gasteiger partial charge in [0.25, 0.3) is 0 Å². The van der Waals surface area contributed by atoms with Gasteiger partial charge in [-0.3, -0.25) is 4.68 Å². The molecule has 1 atom stereocenters. The predicted octanol–water partition coefficient (Wildman–Crippen LogP) is 3.16. The third-order valence-electron chi connectivity index (χ3n) is 3.16. The van der Waals surface area contributed by atoms with E-state index in [1.807, 2.05) is 24.3 Å². The molecule has 1 heterocycles. The molecular weight excluding hydrogens is 267 g/mol. The molecule has 0 radical (unpaired) electrons. The second-order valence-corrected chi connectivity index (χ2v) is 4.65. The zero-order chi connectivity index (χ0) is 14.8. The van der Waals surface area contributed by atoms with Crippen molar-refractivity contribution in [2.24, 2.45) is 5.73 Å². The lowest BCUT2D eigenvalue weighted by molar-refractivity contribution is -0.137. The summed E-state index contributed by atoms with van der Waals surface area (Å²) in [5.41, 5.74) is 7.31. The Morgan fingerprint density at radius 1 is 1.25 bits per heavy atom. The van der Waals surface area contributed by atoms with E-state index in [9.17, 15) is 13.2 Å². The van der Waals surface area contributed by atoms with Gasteiger partial charge in [-0.15, -0.1) is 0 Å². The lowest BCUT2D eigenvalue weighted by Crippen LogP contribution is -2.18. The van der Waals surface area contributed by atoms with E-state index < -0.39 is 11.7 Å². The van der Waals surface area contributed by atoms with Crippen molar-refractivity contribution in [3.05, 3.63) is 53.3 Å². The summed E-state index contributed by atoms with van der Waals surface area (Å²) < 4.78 is 38.6. The van der Waals surface area contributed by atoms with Crippen molar-refractivity contribution in [1.82, 2.24) is 9.78 Å². The molecule has 0 spiro atoms. The van der Waals surface area contributed by atoms with Crippen LogP contribution in [0.15, 0.2) is 36.7 Å². The Balaban J connectivity index is 2.07. The van der Waals surface area contributed by atoms with E-state index in [1.165, 1.54) is 10.2 Å². The summed E-state index contributed by atoms with van der Waals surface area (Å²) in [5, 5.41) is 3.70. The number of halogens is 3. The van der Waals surface area contributed by atoms with Crippen LogP contribution in [0.25, 0.3) is 0 Å². The molecular formula is C14H16F3N3. The molecule has 108 valence electrons. The molecule has 1 unspecified atom stereocenters. The zero-order valence-corrected chi connectivity index (χ0v) is 11.1. The van der Waals surface area contributed by atoms with Gasteiger partial charge in [-0.1, -0.05) is 31.2 Å². The summed E-state index contributed by atoms with van der Waals surface area (Å²) in [6.45, 7) is 2.26. The number of rotatable bonds is 4.